The summed E-state index contributed by atoms with van der Waals surface area (Å²) in [5.41, 5.74) is 0.566. The molecule has 0 aliphatic carbocycles. The van der Waals surface area contributed by atoms with Gasteiger partial charge in [0.1, 0.15) is 5.69 Å². The van der Waals surface area contributed by atoms with Crippen molar-refractivity contribution in [2.45, 2.75) is 33.3 Å². The quantitative estimate of drug-likeness (QED) is 0.320. The molecule has 8 nitrogen and oxygen atoms in total. The number of piperidine rings is 1. The van der Waals surface area contributed by atoms with Crippen LogP contribution in [0.4, 0.5) is 17.1 Å². The van der Waals surface area contributed by atoms with E-state index in [0.717, 1.165) is 6.42 Å². The molecular weight excluding hydrogens is 469 g/mol. The van der Waals surface area contributed by atoms with Crippen molar-refractivity contribution in [2.24, 2.45) is 11.8 Å². The minimum atomic E-state index is -1.17. The van der Waals surface area contributed by atoms with Crippen LogP contribution in [0.5, 0.6) is 0 Å². The van der Waals surface area contributed by atoms with Gasteiger partial charge in [0.15, 0.2) is 6.10 Å². The molecule has 3 rings (SSSR count). The lowest BCUT2D eigenvalue weighted by molar-refractivity contribution is -0.384. The van der Waals surface area contributed by atoms with Crippen LogP contribution >= 0.6 is 23.2 Å². The lowest BCUT2D eigenvalue weighted by Crippen LogP contribution is -2.39. The SMILES string of the molecule is C[C@@H]1C[C@H](C)CN(c2ccc(C(=O)O[C@H](C)C(=O)Nc3cccc(Cl)c3Cl)cc2[N+](=O)[O-])C1. The first-order chi connectivity index (χ1) is 15.6. The second kappa shape index (κ2) is 10.4. The number of esters is 1. The molecule has 1 heterocycles. The van der Waals surface area contributed by atoms with Gasteiger partial charge in [0, 0.05) is 19.2 Å². The Kier molecular flexibility index (Phi) is 7.81. The third-order valence-electron chi connectivity index (χ3n) is 5.48. The maximum Gasteiger partial charge on any atom is 0.339 e. The standard InChI is InChI=1S/C23H25Cl2N3O5/c1-13-9-14(2)12-27(11-13)19-8-7-16(10-20(19)28(31)32)23(30)33-15(3)22(29)26-18-6-4-5-17(24)21(18)25/h4-8,10,13-15H,9,11-12H2,1-3H3,(H,26,29)/t13-,14+,15-/m1/s1. The summed E-state index contributed by atoms with van der Waals surface area (Å²) in [6, 6.07) is 8.99. The lowest BCUT2D eigenvalue weighted by Gasteiger charge is -2.36. The van der Waals surface area contributed by atoms with Crippen molar-refractivity contribution in [3.05, 3.63) is 62.1 Å². The van der Waals surface area contributed by atoms with Gasteiger partial charge in [0.05, 0.1) is 26.2 Å². The van der Waals surface area contributed by atoms with Gasteiger partial charge in [0.25, 0.3) is 11.6 Å². The van der Waals surface area contributed by atoms with Crippen molar-refractivity contribution in [1.82, 2.24) is 0 Å². The molecule has 2 aromatic rings. The number of hydrogen-bond donors (Lipinski definition) is 1. The van der Waals surface area contributed by atoms with Gasteiger partial charge in [-0.2, -0.15) is 0 Å². The van der Waals surface area contributed by atoms with E-state index >= 15 is 0 Å². The molecule has 1 aliphatic rings. The Morgan fingerprint density at radius 2 is 1.85 bits per heavy atom. The van der Waals surface area contributed by atoms with Crippen molar-refractivity contribution in [3.63, 3.8) is 0 Å². The molecular formula is C23H25Cl2N3O5. The molecule has 0 bridgehead atoms. The van der Waals surface area contributed by atoms with Crippen LogP contribution in [0.3, 0.4) is 0 Å². The van der Waals surface area contributed by atoms with Crippen LogP contribution in [0.25, 0.3) is 0 Å². The number of carbonyl (C=O) groups is 2. The topological polar surface area (TPSA) is 102 Å². The van der Waals surface area contributed by atoms with Crippen LogP contribution < -0.4 is 10.2 Å². The molecule has 3 atom stereocenters. The van der Waals surface area contributed by atoms with E-state index in [9.17, 15) is 19.7 Å². The Hall–Kier alpha value is -2.84. The van der Waals surface area contributed by atoms with Crippen molar-refractivity contribution in [3.8, 4) is 0 Å². The monoisotopic (exact) mass is 493 g/mol. The van der Waals surface area contributed by atoms with Crippen molar-refractivity contribution in [1.29, 1.82) is 0 Å². The molecule has 33 heavy (non-hydrogen) atoms. The normalized spacial score (nSPS) is 19.0. The number of carbonyl (C=O) groups excluding carboxylic acids is 2. The van der Waals surface area contributed by atoms with E-state index in [1.165, 1.54) is 19.1 Å². The molecule has 1 N–H and O–H groups in total. The number of nitro groups is 1. The summed E-state index contributed by atoms with van der Waals surface area (Å²) in [7, 11) is 0. The van der Waals surface area contributed by atoms with E-state index in [2.05, 4.69) is 19.2 Å². The first-order valence-electron chi connectivity index (χ1n) is 10.6. The van der Waals surface area contributed by atoms with Gasteiger partial charge >= 0.3 is 5.97 Å². The summed E-state index contributed by atoms with van der Waals surface area (Å²) in [4.78, 5) is 38.3. The van der Waals surface area contributed by atoms with Crippen LogP contribution in [0.2, 0.25) is 10.0 Å². The number of benzene rings is 2. The third-order valence-corrected chi connectivity index (χ3v) is 6.30. The summed E-state index contributed by atoms with van der Waals surface area (Å²) in [5.74, 6) is -0.643. The van der Waals surface area contributed by atoms with Gasteiger partial charge in [-0.25, -0.2) is 4.79 Å². The fourth-order valence-electron chi connectivity index (χ4n) is 4.04. The smallest absolute Gasteiger partial charge is 0.339 e. The molecule has 2 aromatic carbocycles. The maximum absolute atomic E-state index is 12.6. The van der Waals surface area contributed by atoms with Gasteiger partial charge in [0.2, 0.25) is 0 Å². The number of nitrogens with one attached hydrogen (secondary N) is 1. The number of hydrogen-bond acceptors (Lipinski definition) is 6. The molecule has 1 aliphatic heterocycles. The molecule has 0 radical (unpaired) electrons. The van der Waals surface area contributed by atoms with Crippen LogP contribution in [0, 0.1) is 22.0 Å². The highest BCUT2D eigenvalue weighted by molar-refractivity contribution is 6.44. The molecule has 1 amide bonds. The van der Waals surface area contributed by atoms with E-state index in [1.807, 2.05) is 4.90 Å². The predicted molar refractivity (Wildman–Crippen MR) is 128 cm³/mol. The summed E-state index contributed by atoms with van der Waals surface area (Å²) < 4.78 is 5.23. The Morgan fingerprint density at radius 1 is 1.18 bits per heavy atom. The highest BCUT2D eigenvalue weighted by Gasteiger charge is 2.29. The molecule has 0 unspecified atom stereocenters. The van der Waals surface area contributed by atoms with Gasteiger partial charge < -0.3 is 15.0 Å². The number of halogens is 2. The van der Waals surface area contributed by atoms with Crippen LogP contribution in [-0.2, 0) is 9.53 Å². The second-order valence-electron chi connectivity index (χ2n) is 8.45. The molecule has 0 saturated carbocycles. The van der Waals surface area contributed by atoms with E-state index in [1.54, 1.807) is 24.3 Å². The molecule has 10 heteroatoms. The number of anilines is 2. The highest BCUT2D eigenvalue weighted by Crippen LogP contribution is 2.34. The molecule has 176 valence electrons. The number of ether oxygens (including phenoxy) is 1. The zero-order valence-electron chi connectivity index (χ0n) is 18.5. The predicted octanol–water partition coefficient (Wildman–Crippen LogP) is 5.57. The van der Waals surface area contributed by atoms with Crippen LogP contribution in [0.15, 0.2) is 36.4 Å². The third kappa shape index (κ3) is 5.94. The van der Waals surface area contributed by atoms with E-state index in [4.69, 9.17) is 27.9 Å². The Labute approximate surface area is 202 Å². The zero-order chi connectivity index (χ0) is 24.3. The molecule has 1 saturated heterocycles. The number of amides is 1. The summed E-state index contributed by atoms with van der Waals surface area (Å²) >= 11 is 12.0. The average Bonchev–Trinajstić information content (AvgIpc) is 2.75. The fourth-order valence-corrected chi connectivity index (χ4v) is 4.39. The van der Waals surface area contributed by atoms with E-state index < -0.39 is 22.9 Å². The van der Waals surface area contributed by atoms with Gasteiger partial charge in [-0.1, -0.05) is 43.1 Å². The van der Waals surface area contributed by atoms with Crippen LogP contribution in [0.1, 0.15) is 37.6 Å². The summed E-state index contributed by atoms with van der Waals surface area (Å²) in [6.07, 6.45) is -0.107. The molecule has 0 aromatic heterocycles. The van der Waals surface area contributed by atoms with Crippen molar-refractivity contribution >= 4 is 52.1 Å². The van der Waals surface area contributed by atoms with Gasteiger partial charge in [-0.15, -0.1) is 0 Å². The Morgan fingerprint density at radius 3 is 2.48 bits per heavy atom. The summed E-state index contributed by atoms with van der Waals surface area (Å²) in [5, 5.41) is 14.7. The second-order valence-corrected chi connectivity index (χ2v) is 9.23. The van der Waals surface area contributed by atoms with Crippen molar-refractivity contribution < 1.29 is 19.2 Å². The van der Waals surface area contributed by atoms with Crippen molar-refractivity contribution in [2.75, 3.05) is 23.3 Å². The summed E-state index contributed by atoms with van der Waals surface area (Å²) in [6.45, 7) is 7.04. The lowest BCUT2D eigenvalue weighted by atomic mass is 9.91. The van der Waals surface area contributed by atoms with E-state index in [-0.39, 0.29) is 27.0 Å². The largest absolute Gasteiger partial charge is 0.449 e. The highest BCUT2D eigenvalue weighted by atomic mass is 35.5. The molecule has 1 fully saturated rings. The van der Waals surface area contributed by atoms with Crippen LogP contribution in [-0.4, -0.2) is 36.0 Å². The van der Waals surface area contributed by atoms with Gasteiger partial charge in [-0.05, 0) is 49.4 Å². The first-order valence-corrected chi connectivity index (χ1v) is 11.3. The minimum Gasteiger partial charge on any atom is -0.449 e. The van der Waals surface area contributed by atoms with Gasteiger partial charge in [-0.3, -0.25) is 14.9 Å². The number of rotatable bonds is 6. The Bertz CT molecular complexity index is 1070. The number of nitro benzene ring substituents is 1. The first kappa shape index (κ1) is 24.8. The maximum atomic E-state index is 12.6. The Balaban J connectivity index is 1.74. The fraction of sp³-hybridized carbons (Fsp3) is 0.391. The molecule has 0 spiro atoms. The van der Waals surface area contributed by atoms with E-state index in [0.29, 0.717) is 30.6 Å². The minimum absolute atomic E-state index is 0.0102. The average molecular weight is 494 g/mol. The number of nitrogens with zero attached hydrogens (tertiary/aromatic N) is 2. The zero-order valence-corrected chi connectivity index (χ0v) is 20.0.